The number of aldehydes is 1. The van der Waals surface area contributed by atoms with E-state index in [9.17, 15) is 14.4 Å². The van der Waals surface area contributed by atoms with Crippen molar-refractivity contribution in [3.63, 3.8) is 0 Å². The fourth-order valence-electron chi connectivity index (χ4n) is 1.94. The normalized spacial score (nSPS) is 13.3. The summed E-state index contributed by atoms with van der Waals surface area (Å²) in [6.07, 6.45) is -0.646. The van der Waals surface area contributed by atoms with Crippen LogP contribution in [0, 0.1) is 6.57 Å². The number of nitrogens with one attached hydrogen (secondary N) is 1. The van der Waals surface area contributed by atoms with Gasteiger partial charge in [0.1, 0.15) is 11.6 Å². The fraction of sp³-hybridized carbons (Fsp3) is 0.412. The molecule has 0 radical (unpaired) electrons. The Morgan fingerprint density at radius 1 is 1.30 bits per heavy atom. The Balaban J connectivity index is 2.86. The quantitative estimate of drug-likeness (QED) is 0.497. The minimum atomic E-state index is -1.10. The van der Waals surface area contributed by atoms with Crippen LogP contribution in [-0.2, 0) is 14.3 Å². The molecule has 0 aliphatic carbocycles. The van der Waals surface area contributed by atoms with Gasteiger partial charge in [0, 0.05) is 5.56 Å². The van der Waals surface area contributed by atoms with Gasteiger partial charge in [-0.15, -0.1) is 0 Å². The molecule has 2 unspecified atom stereocenters. The average molecular weight is 316 g/mol. The van der Waals surface area contributed by atoms with Crippen molar-refractivity contribution in [3.8, 4) is 0 Å². The predicted octanol–water partition coefficient (Wildman–Crippen LogP) is 2.70. The van der Waals surface area contributed by atoms with E-state index in [1.54, 1.807) is 45.0 Å². The zero-order valence-electron chi connectivity index (χ0n) is 13.4. The third-order valence-corrected chi connectivity index (χ3v) is 2.95. The van der Waals surface area contributed by atoms with Crippen LogP contribution in [0.3, 0.4) is 0 Å². The summed E-state index contributed by atoms with van der Waals surface area (Å²) in [4.78, 5) is 37.9. The van der Waals surface area contributed by atoms with Gasteiger partial charge in [0.05, 0.1) is 6.42 Å². The summed E-state index contributed by atoms with van der Waals surface area (Å²) in [7, 11) is 0. The molecule has 0 aliphatic rings. The van der Waals surface area contributed by atoms with E-state index >= 15 is 0 Å². The number of Topliss-reactive ketones (excluding diaryl/α,β-unsaturated/α-hetero) is 1. The molecule has 0 saturated heterocycles. The number of benzene rings is 1. The number of rotatable bonds is 6. The van der Waals surface area contributed by atoms with Gasteiger partial charge in [0.25, 0.3) is 6.04 Å². The number of carbonyl (C=O) groups is 3. The first-order chi connectivity index (χ1) is 10.8. The van der Waals surface area contributed by atoms with Crippen molar-refractivity contribution in [1.82, 2.24) is 5.32 Å². The van der Waals surface area contributed by atoms with Crippen molar-refractivity contribution in [2.75, 3.05) is 0 Å². The second-order valence-corrected chi connectivity index (χ2v) is 6.01. The maximum absolute atomic E-state index is 11.8. The minimum absolute atomic E-state index is 0.00430. The molecule has 1 aromatic carbocycles. The monoisotopic (exact) mass is 316 g/mol. The van der Waals surface area contributed by atoms with E-state index in [1.807, 2.05) is 6.07 Å². The van der Waals surface area contributed by atoms with E-state index in [-0.39, 0.29) is 12.7 Å². The first kappa shape index (κ1) is 18.4. The largest absolute Gasteiger partial charge is 0.444 e. The second kappa shape index (κ2) is 8.08. The SMILES string of the molecule is [C-]#[N+]C(CC(NC(=O)OC(C)(C)C)C(=O)C=O)c1ccccc1. The summed E-state index contributed by atoms with van der Waals surface area (Å²) < 4.78 is 5.09. The number of ketones is 1. The molecule has 0 saturated carbocycles. The standard InChI is InChI=1S/C17H20N2O4/c1-17(2,3)23-16(22)19-14(15(21)11-20)10-13(18-4)12-8-6-5-7-9-12/h5-9,11,13-14H,10H2,1-3H3,(H,19,22). The van der Waals surface area contributed by atoms with Crippen LogP contribution in [0.5, 0.6) is 0 Å². The van der Waals surface area contributed by atoms with E-state index in [1.165, 1.54) is 0 Å². The summed E-state index contributed by atoms with van der Waals surface area (Å²) in [5, 5.41) is 2.37. The topological polar surface area (TPSA) is 76.8 Å². The van der Waals surface area contributed by atoms with Crippen LogP contribution in [0.4, 0.5) is 4.79 Å². The zero-order chi connectivity index (χ0) is 17.5. The third-order valence-electron chi connectivity index (χ3n) is 2.95. The van der Waals surface area contributed by atoms with Gasteiger partial charge in [0.15, 0.2) is 6.29 Å². The highest BCUT2D eigenvalue weighted by Crippen LogP contribution is 2.23. The average Bonchev–Trinajstić information content (AvgIpc) is 2.49. The highest BCUT2D eigenvalue weighted by atomic mass is 16.6. The Bertz CT molecular complexity index is 599. The molecule has 122 valence electrons. The molecular weight excluding hydrogens is 296 g/mol. The molecule has 1 N–H and O–H groups in total. The van der Waals surface area contributed by atoms with Gasteiger partial charge >= 0.3 is 6.09 Å². The molecule has 0 heterocycles. The van der Waals surface area contributed by atoms with Crippen LogP contribution in [0.2, 0.25) is 0 Å². The Hall–Kier alpha value is -2.68. The van der Waals surface area contributed by atoms with Gasteiger partial charge in [-0.25, -0.2) is 11.4 Å². The number of carbonyl (C=O) groups excluding carboxylic acids is 3. The summed E-state index contributed by atoms with van der Waals surface area (Å²) in [6.45, 7) is 12.4. The first-order valence-electron chi connectivity index (χ1n) is 7.17. The molecule has 0 aliphatic heterocycles. The third kappa shape index (κ3) is 6.30. The maximum Gasteiger partial charge on any atom is 0.408 e. The molecule has 0 aromatic heterocycles. The van der Waals surface area contributed by atoms with E-state index in [4.69, 9.17) is 11.3 Å². The maximum atomic E-state index is 11.8. The smallest absolute Gasteiger partial charge is 0.408 e. The molecule has 0 bridgehead atoms. The van der Waals surface area contributed by atoms with Gasteiger partial charge < -0.3 is 14.9 Å². The number of ether oxygens (including phenoxy) is 1. The van der Waals surface area contributed by atoms with E-state index in [0.29, 0.717) is 0 Å². The molecular formula is C17H20N2O4. The van der Waals surface area contributed by atoms with Gasteiger partial charge in [-0.1, -0.05) is 30.3 Å². The van der Waals surface area contributed by atoms with Crippen LogP contribution >= 0.6 is 0 Å². The zero-order valence-corrected chi connectivity index (χ0v) is 13.4. The lowest BCUT2D eigenvalue weighted by atomic mass is 9.98. The predicted molar refractivity (Wildman–Crippen MR) is 84.6 cm³/mol. The lowest BCUT2D eigenvalue weighted by Crippen LogP contribution is -2.44. The van der Waals surface area contributed by atoms with Gasteiger partial charge in [-0.2, -0.15) is 0 Å². The fourth-order valence-corrected chi connectivity index (χ4v) is 1.94. The molecule has 1 aromatic rings. The van der Waals surface area contributed by atoms with Crippen molar-refractivity contribution in [2.24, 2.45) is 0 Å². The highest BCUT2D eigenvalue weighted by molar-refractivity contribution is 6.27. The Labute approximate surface area is 135 Å². The molecule has 0 spiro atoms. The molecule has 6 nitrogen and oxygen atoms in total. The lowest BCUT2D eigenvalue weighted by molar-refractivity contribution is -0.131. The Morgan fingerprint density at radius 2 is 1.91 bits per heavy atom. The molecule has 2 atom stereocenters. The van der Waals surface area contributed by atoms with E-state index in [2.05, 4.69) is 10.2 Å². The van der Waals surface area contributed by atoms with Crippen LogP contribution in [0.25, 0.3) is 4.85 Å². The first-order valence-corrected chi connectivity index (χ1v) is 7.17. The van der Waals surface area contributed by atoms with Gasteiger partial charge in [0.2, 0.25) is 5.78 Å². The lowest BCUT2D eigenvalue weighted by Gasteiger charge is -2.22. The molecule has 23 heavy (non-hydrogen) atoms. The Morgan fingerprint density at radius 3 is 2.39 bits per heavy atom. The number of amides is 1. The van der Waals surface area contributed by atoms with Crippen LogP contribution in [-0.4, -0.2) is 29.8 Å². The van der Waals surface area contributed by atoms with Crippen LogP contribution < -0.4 is 5.32 Å². The van der Waals surface area contributed by atoms with Crippen molar-refractivity contribution in [2.45, 2.75) is 44.9 Å². The van der Waals surface area contributed by atoms with Gasteiger partial charge in [-0.05, 0) is 20.8 Å². The van der Waals surface area contributed by atoms with Crippen molar-refractivity contribution < 1.29 is 19.1 Å². The van der Waals surface area contributed by atoms with Crippen molar-refractivity contribution in [1.29, 1.82) is 0 Å². The molecule has 1 amide bonds. The number of alkyl carbamates (subject to hydrolysis) is 1. The van der Waals surface area contributed by atoms with Crippen molar-refractivity contribution in [3.05, 3.63) is 47.3 Å². The van der Waals surface area contributed by atoms with Crippen LogP contribution in [0.1, 0.15) is 38.8 Å². The highest BCUT2D eigenvalue weighted by Gasteiger charge is 2.29. The molecule has 6 heteroatoms. The van der Waals surface area contributed by atoms with E-state index in [0.717, 1.165) is 5.56 Å². The minimum Gasteiger partial charge on any atom is -0.444 e. The van der Waals surface area contributed by atoms with Gasteiger partial charge in [-0.3, -0.25) is 9.59 Å². The summed E-state index contributed by atoms with van der Waals surface area (Å²) in [5.41, 5.74) is -0.00509. The second-order valence-electron chi connectivity index (χ2n) is 6.01. The summed E-state index contributed by atoms with van der Waals surface area (Å²) >= 11 is 0. The number of hydrogen-bond donors (Lipinski definition) is 1. The summed E-state index contributed by atoms with van der Waals surface area (Å²) in [6, 6.07) is 7.17. The number of hydrogen-bond acceptors (Lipinski definition) is 4. The van der Waals surface area contributed by atoms with Crippen molar-refractivity contribution >= 4 is 18.2 Å². The Kier molecular flexibility index (Phi) is 6.46. The number of nitrogens with zero attached hydrogens (tertiary/aromatic N) is 1. The van der Waals surface area contributed by atoms with Crippen LogP contribution in [0.15, 0.2) is 30.3 Å². The summed E-state index contributed by atoms with van der Waals surface area (Å²) in [5.74, 6) is -0.791. The molecule has 1 rings (SSSR count). The van der Waals surface area contributed by atoms with E-state index < -0.39 is 29.6 Å². The molecule has 0 fully saturated rings.